The Bertz CT molecular complexity index is 620. The van der Waals surface area contributed by atoms with Crippen molar-refractivity contribution in [3.63, 3.8) is 0 Å². The predicted molar refractivity (Wildman–Crippen MR) is 96.5 cm³/mol. The zero-order valence-corrected chi connectivity index (χ0v) is 15.1. The summed E-state index contributed by atoms with van der Waals surface area (Å²) in [7, 11) is 1.64. The Morgan fingerprint density at radius 3 is 3.08 bits per heavy atom. The SMILES string of the molecule is COc1cccc(CNCC(c2cccs2)N2CCOC(C)C2)n1. The zero-order valence-electron chi connectivity index (χ0n) is 14.3. The van der Waals surface area contributed by atoms with E-state index in [1.165, 1.54) is 4.88 Å². The summed E-state index contributed by atoms with van der Waals surface area (Å²) < 4.78 is 10.9. The first-order chi connectivity index (χ1) is 11.8. The molecule has 0 aliphatic carbocycles. The van der Waals surface area contributed by atoms with Gasteiger partial charge in [-0.25, -0.2) is 4.98 Å². The first-order valence-corrected chi connectivity index (χ1v) is 9.24. The summed E-state index contributed by atoms with van der Waals surface area (Å²) in [6.45, 7) is 6.53. The molecule has 0 aromatic carbocycles. The molecule has 0 radical (unpaired) electrons. The fourth-order valence-corrected chi connectivity index (χ4v) is 3.89. The molecule has 130 valence electrons. The number of aromatic nitrogens is 1. The molecular formula is C18H25N3O2S. The topological polar surface area (TPSA) is 46.6 Å². The van der Waals surface area contributed by atoms with E-state index in [1.54, 1.807) is 7.11 Å². The Labute approximate surface area is 147 Å². The van der Waals surface area contributed by atoms with Crippen molar-refractivity contribution in [2.75, 3.05) is 33.4 Å². The van der Waals surface area contributed by atoms with Crippen LogP contribution in [0.4, 0.5) is 0 Å². The van der Waals surface area contributed by atoms with Crippen LogP contribution in [0.25, 0.3) is 0 Å². The minimum atomic E-state index is 0.293. The Kier molecular flexibility index (Phi) is 6.20. The zero-order chi connectivity index (χ0) is 16.8. The van der Waals surface area contributed by atoms with E-state index in [9.17, 15) is 0 Å². The van der Waals surface area contributed by atoms with Crippen LogP contribution >= 0.6 is 11.3 Å². The van der Waals surface area contributed by atoms with Gasteiger partial charge >= 0.3 is 0 Å². The second-order valence-electron chi connectivity index (χ2n) is 6.01. The molecule has 2 aromatic heterocycles. The molecule has 1 aliphatic rings. The van der Waals surface area contributed by atoms with Gasteiger partial charge in [0.05, 0.1) is 31.6 Å². The van der Waals surface area contributed by atoms with E-state index in [2.05, 4.69) is 39.6 Å². The first kappa shape index (κ1) is 17.4. The molecule has 0 spiro atoms. The van der Waals surface area contributed by atoms with Crippen LogP contribution in [0.5, 0.6) is 5.88 Å². The lowest BCUT2D eigenvalue weighted by atomic mass is 10.1. The molecule has 5 nitrogen and oxygen atoms in total. The fraction of sp³-hybridized carbons (Fsp3) is 0.500. The number of rotatable bonds is 7. The molecule has 1 saturated heterocycles. The Morgan fingerprint density at radius 2 is 2.33 bits per heavy atom. The van der Waals surface area contributed by atoms with Crippen molar-refractivity contribution in [3.05, 3.63) is 46.3 Å². The van der Waals surface area contributed by atoms with Gasteiger partial charge in [-0.3, -0.25) is 4.90 Å². The normalized spacial score (nSPS) is 20.0. The molecule has 2 unspecified atom stereocenters. The monoisotopic (exact) mass is 347 g/mol. The average molecular weight is 347 g/mol. The summed E-state index contributed by atoms with van der Waals surface area (Å²) in [5.74, 6) is 0.658. The Morgan fingerprint density at radius 1 is 1.42 bits per heavy atom. The molecule has 0 bridgehead atoms. The Balaban J connectivity index is 1.61. The molecular weight excluding hydrogens is 322 g/mol. The van der Waals surface area contributed by atoms with Crippen molar-refractivity contribution in [2.45, 2.75) is 25.6 Å². The molecule has 24 heavy (non-hydrogen) atoms. The van der Waals surface area contributed by atoms with Crippen LogP contribution in [0.2, 0.25) is 0 Å². The molecule has 2 atom stereocenters. The number of hydrogen-bond acceptors (Lipinski definition) is 6. The van der Waals surface area contributed by atoms with Crippen LogP contribution < -0.4 is 10.1 Å². The highest BCUT2D eigenvalue weighted by atomic mass is 32.1. The second-order valence-corrected chi connectivity index (χ2v) is 6.99. The van der Waals surface area contributed by atoms with Gasteiger partial charge in [-0.05, 0) is 24.4 Å². The molecule has 0 saturated carbocycles. The number of nitrogens with zero attached hydrogens (tertiary/aromatic N) is 2. The molecule has 6 heteroatoms. The quantitative estimate of drug-likeness (QED) is 0.834. The van der Waals surface area contributed by atoms with Gasteiger partial charge in [0, 0.05) is 37.1 Å². The lowest BCUT2D eigenvalue weighted by Gasteiger charge is -2.37. The van der Waals surface area contributed by atoms with Crippen LogP contribution in [0, 0.1) is 0 Å². The number of pyridine rings is 1. The molecule has 3 heterocycles. The lowest BCUT2D eigenvalue weighted by molar-refractivity contribution is -0.0339. The van der Waals surface area contributed by atoms with Crippen molar-refractivity contribution in [2.24, 2.45) is 0 Å². The molecule has 3 rings (SSSR count). The van der Waals surface area contributed by atoms with Crippen molar-refractivity contribution >= 4 is 11.3 Å². The summed E-state index contributed by atoms with van der Waals surface area (Å²) in [5.41, 5.74) is 0.995. The van der Waals surface area contributed by atoms with E-state index in [1.807, 2.05) is 29.5 Å². The summed E-state index contributed by atoms with van der Waals surface area (Å²) in [4.78, 5) is 8.38. The number of nitrogens with one attached hydrogen (secondary N) is 1. The highest BCUT2D eigenvalue weighted by Crippen LogP contribution is 2.26. The van der Waals surface area contributed by atoms with Gasteiger partial charge < -0.3 is 14.8 Å². The minimum Gasteiger partial charge on any atom is -0.481 e. The molecule has 1 aliphatic heterocycles. The van der Waals surface area contributed by atoms with E-state index in [0.29, 0.717) is 18.0 Å². The summed E-state index contributed by atoms with van der Waals surface area (Å²) in [6, 6.07) is 10.6. The summed E-state index contributed by atoms with van der Waals surface area (Å²) >= 11 is 1.82. The smallest absolute Gasteiger partial charge is 0.213 e. The molecule has 1 N–H and O–H groups in total. The maximum absolute atomic E-state index is 5.69. The Hall–Kier alpha value is -1.47. The number of ether oxygens (including phenoxy) is 2. The minimum absolute atomic E-state index is 0.293. The van der Waals surface area contributed by atoms with Crippen LogP contribution in [-0.4, -0.2) is 49.3 Å². The van der Waals surface area contributed by atoms with Gasteiger partial charge in [-0.2, -0.15) is 0 Å². The van der Waals surface area contributed by atoms with E-state index in [4.69, 9.17) is 9.47 Å². The predicted octanol–water partition coefficient (Wildman–Crippen LogP) is 2.70. The molecule has 0 amide bonds. The maximum atomic E-state index is 5.69. The van der Waals surface area contributed by atoms with Gasteiger partial charge in [0.15, 0.2) is 0 Å². The average Bonchev–Trinajstić information content (AvgIpc) is 3.13. The summed E-state index contributed by atoms with van der Waals surface area (Å²) in [5, 5.41) is 5.71. The summed E-state index contributed by atoms with van der Waals surface area (Å²) in [6.07, 6.45) is 0.293. The fourth-order valence-electron chi connectivity index (χ4n) is 3.03. The van der Waals surface area contributed by atoms with E-state index in [-0.39, 0.29) is 0 Å². The van der Waals surface area contributed by atoms with Crippen LogP contribution in [-0.2, 0) is 11.3 Å². The number of morpholine rings is 1. The van der Waals surface area contributed by atoms with Crippen molar-refractivity contribution in [1.82, 2.24) is 15.2 Å². The van der Waals surface area contributed by atoms with E-state index < -0.39 is 0 Å². The van der Waals surface area contributed by atoms with Gasteiger partial charge in [0.1, 0.15) is 0 Å². The maximum Gasteiger partial charge on any atom is 0.213 e. The first-order valence-electron chi connectivity index (χ1n) is 8.36. The number of hydrogen-bond donors (Lipinski definition) is 1. The number of methoxy groups -OCH3 is 1. The van der Waals surface area contributed by atoms with Crippen molar-refractivity contribution in [1.29, 1.82) is 0 Å². The van der Waals surface area contributed by atoms with Crippen LogP contribution in [0.3, 0.4) is 0 Å². The third-order valence-electron chi connectivity index (χ3n) is 4.22. The molecule has 1 fully saturated rings. The van der Waals surface area contributed by atoms with Crippen molar-refractivity contribution in [3.8, 4) is 5.88 Å². The van der Waals surface area contributed by atoms with Gasteiger partial charge in [-0.15, -0.1) is 11.3 Å². The third kappa shape index (κ3) is 4.54. The van der Waals surface area contributed by atoms with E-state index in [0.717, 1.165) is 38.5 Å². The highest BCUT2D eigenvalue weighted by Gasteiger charge is 2.25. The standard InChI is InChI=1S/C18H25N3O2S/c1-14-13-21(8-9-23-14)16(17-6-4-10-24-17)12-19-11-15-5-3-7-18(20-15)22-2/h3-7,10,14,16,19H,8-9,11-13H2,1-2H3. The van der Waals surface area contributed by atoms with Gasteiger partial charge in [0.25, 0.3) is 0 Å². The molecule has 2 aromatic rings. The van der Waals surface area contributed by atoms with E-state index >= 15 is 0 Å². The highest BCUT2D eigenvalue weighted by molar-refractivity contribution is 7.10. The van der Waals surface area contributed by atoms with Gasteiger partial charge in [0.2, 0.25) is 5.88 Å². The number of thiophene rings is 1. The van der Waals surface area contributed by atoms with Crippen LogP contribution in [0.15, 0.2) is 35.7 Å². The largest absolute Gasteiger partial charge is 0.481 e. The van der Waals surface area contributed by atoms with Gasteiger partial charge in [-0.1, -0.05) is 12.1 Å². The van der Waals surface area contributed by atoms with Crippen LogP contribution in [0.1, 0.15) is 23.5 Å². The third-order valence-corrected chi connectivity index (χ3v) is 5.19. The van der Waals surface area contributed by atoms with Crippen molar-refractivity contribution < 1.29 is 9.47 Å². The second kappa shape index (κ2) is 8.58. The lowest BCUT2D eigenvalue weighted by Crippen LogP contribution is -2.45.